The van der Waals surface area contributed by atoms with Crippen LogP contribution >= 0.6 is 23.2 Å². The summed E-state index contributed by atoms with van der Waals surface area (Å²) in [6.07, 6.45) is 1.67. The van der Waals surface area contributed by atoms with Crippen molar-refractivity contribution in [2.24, 2.45) is 5.73 Å². The second-order valence-corrected chi connectivity index (χ2v) is 10.6. The third-order valence-corrected chi connectivity index (χ3v) is 7.82. The molecule has 0 saturated heterocycles. The van der Waals surface area contributed by atoms with E-state index in [4.69, 9.17) is 33.7 Å². The number of halogens is 3. The van der Waals surface area contributed by atoms with Gasteiger partial charge < -0.3 is 10.5 Å². The van der Waals surface area contributed by atoms with Gasteiger partial charge in [-0.15, -0.1) is 0 Å². The molecular weight excluding hydrogens is 536 g/mol. The van der Waals surface area contributed by atoms with Crippen LogP contribution in [0, 0.1) is 31.0 Å². The van der Waals surface area contributed by atoms with Crippen molar-refractivity contribution in [1.82, 2.24) is 0 Å². The maximum Gasteiger partial charge on any atom is 0.161 e. The Bertz CT molecular complexity index is 1590. The van der Waals surface area contributed by atoms with Gasteiger partial charge in [-0.1, -0.05) is 40.9 Å². The molecule has 0 amide bonds. The first-order valence-corrected chi connectivity index (χ1v) is 13.3. The summed E-state index contributed by atoms with van der Waals surface area (Å²) < 4.78 is 19.3. The van der Waals surface area contributed by atoms with Gasteiger partial charge in [0.25, 0.3) is 0 Å². The minimum absolute atomic E-state index is 0.0124. The molecule has 198 valence electrons. The van der Waals surface area contributed by atoms with Crippen LogP contribution in [0.4, 0.5) is 10.1 Å². The van der Waals surface area contributed by atoms with Gasteiger partial charge in [-0.25, -0.2) is 4.39 Å². The predicted octanol–water partition coefficient (Wildman–Crippen LogP) is 7.63. The first kappa shape index (κ1) is 26.8. The van der Waals surface area contributed by atoms with Crippen molar-refractivity contribution in [1.29, 1.82) is 5.26 Å². The van der Waals surface area contributed by atoms with Gasteiger partial charge in [-0.2, -0.15) is 5.26 Å². The Morgan fingerprint density at radius 3 is 2.54 bits per heavy atom. The van der Waals surface area contributed by atoms with Crippen molar-refractivity contribution in [3.63, 3.8) is 0 Å². The molecule has 1 heterocycles. The Labute approximate surface area is 236 Å². The molecule has 0 bridgehead atoms. The molecule has 0 spiro atoms. The highest BCUT2D eigenvalue weighted by Crippen LogP contribution is 2.48. The average Bonchev–Trinajstić information content (AvgIpc) is 2.90. The van der Waals surface area contributed by atoms with Crippen LogP contribution in [0.3, 0.4) is 0 Å². The molecule has 0 radical (unpaired) electrons. The summed E-state index contributed by atoms with van der Waals surface area (Å²) in [5.74, 6) is -0.185. The lowest BCUT2D eigenvalue weighted by molar-refractivity contribution is -0.116. The maximum atomic E-state index is 13.5. The van der Waals surface area contributed by atoms with Crippen LogP contribution in [-0.2, 0) is 11.4 Å². The van der Waals surface area contributed by atoms with Crippen LogP contribution in [0.15, 0.2) is 77.3 Å². The smallest absolute Gasteiger partial charge is 0.161 e. The van der Waals surface area contributed by atoms with Crippen LogP contribution in [0.1, 0.15) is 47.4 Å². The number of nitriles is 1. The number of hydrogen-bond donors (Lipinski definition) is 1. The van der Waals surface area contributed by atoms with Gasteiger partial charge >= 0.3 is 0 Å². The molecule has 2 N–H and O–H groups in total. The maximum absolute atomic E-state index is 13.5. The highest BCUT2D eigenvalue weighted by molar-refractivity contribution is 6.36. The first-order valence-electron chi connectivity index (χ1n) is 12.6. The summed E-state index contributed by atoms with van der Waals surface area (Å²) in [7, 11) is 0. The summed E-state index contributed by atoms with van der Waals surface area (Å²) >= 11 is 12.7. The van der Waals surface area contributed by atoms with Crippen LogP contribution in [0.5, 0.6) is 5.75 Å². The van der Waals surface area contributed by atoms with Crippen molar-refractivity contribution in [3.8, 4) is 11.8 Å². The number of hydrogen-bond acceptors (Lipinski definition) is 5. The van der Waals surface area contributed by atoms with Crippen LogP contribution in [0.25, 0.3) is 0 Å². The third-order valence-electron chi connectivity index (χ3n) is 7.28. The lowest BCUT2D eigenvalue weighted by Crippen LogP contribution is -2.39. The van der Waals surface area contributed by atoms with Crippen LogP contribution in [0.2, 0.25) is 10.0 Å². The zero-order valence-corrected chi connectivity index (χ0v) is 23.0. The Balaban J connectivity index is 1.64. The molecule has 5 rings (SSSR count). The van der Waals surface area contributed by atoms with E-state index >= 15 is 0 Å². The van der Waals surface area contributed by atoms with Crippen molar-refractivity contribution >= 4 is 34.7 Å². The largest absolute Gasteiger partial charge is 0.489 e. The number of ether oxygens (including phenoxy) is 1. The van der Waals surface area contributed by atoms with Crippen LogP contribution < -0.4 is 15.4 Å². The highest BCUT2D eigenvalue weighted by atomic mass is 35.5. The molecule has 3 aromatic carbocycles. The third kappa shape index (κ3) is 5.01. The molecule has 0 fully saturated rings. The number of rotatable bonds is 5. The molecule has 1 atom stereocenters. The Morgan fingerprint density at radius 2 is 1.85 bits per heavy atom. The number of carbonyl (C=O) groups excluding carboxylic acids is 1. The molecule has 1 aliphatic carbocycles. The monoisotopic (exact) mass is 561 g/mol. The standard InChI is InChI=1S/C31H26Cl2FN3O2/c1-17-12-19(16-39-22-9-7-21(34)8-10-22)18(2)23(13-17)29-24(15-35)31(36)37(26-11-6-20(32)14-25(26)33)27-4-3-5-28(38)30(27)29/h6-14,29H,3-5,16,36H2,1-2H3. The number of Topliss-reactive ketones (excluding diaryl/α,β-unsaturated/α-hetero) is 1. The minimum atomic E-state index is -0.621. The normalized spacial score (nSPS) is 17.3. The number of carbonyl (C=O) groups is 1. The molecule has 39 heavy (non-hydrogen) atoms. The average molecular weight is 562 g/mol. The summed E-state index contributed by atoms with van der Waals surface area (Å²) in [5.41, 5.74) is 12.5. The second-order valence-electron chi connectivity index (χ2n) is 9.79. The lowest BCUT2D eigenvalue weighted by Gasteiger charge is -2.40. The Kier molecular flexibility index (Phi) is 7.40. The fourth-order valence-corrected chi connectivity index (χ4v) is 5.93. The van der Waals surface area contributed by atoms with Crippen molar-refractivity contribution in [2.45, 2.75) is 45.6 Å². The van der Waals surface area contributed by atoms with E-state index in [2.05, 4.69) is 6.07 Å². The van der Waals surface area contributed by atoms with Gasteiger partial charge in [0.1, 0.15) is 24.0 Å². The van der Waals surface area contributed by atoms with Crippen molar-refractivity contribution in [2.75, 3.05) is 4.90 Å². The molecule has 2 aliphatic rings. The SMILES string of the molecule is Cc1cc(COc2ccc(F)cc2)c(C)c(C2C(C#N)=C(N)N(c3ccc(Cl)cc3Cl)C3=C2C(=O)CCC3)c1. The number of nitrogens with two attached hydrogens (primary N) is 1. The lowest BCUT2D eigenvalue weighted by atomic mass is 9.73. The first-order chi connectivity index (χ1) is 18.7. The van der Waals surface area contributed by atoms with E-state index in [1.165, 1.54) is 12.1 Å². The Hall–Kier alpha value is -3.79. The van der Waals surface area contributed by atoms with Gasteiger partial charge in [0, 0.05) is 22.7 Å². The number of allylic oxidation sites excluding steroid dienone is 3. The summed E-state index contributed by atoms with van der Waals surface area (Å²) in [6.45, 7) is 4.16. The number of ketones is 1. The number of benzene rings is 3. The van der Waals surface area contributed by atoms with E-state index < -0.39 is 5.92 Å². The Morgan fingerprint density at radius 1 is 1.10 bits per heavy atom. The van der Waals surface area contributed by atoms with Crippen molar-refractivity contribution in [3.05, 3.63) is 115 Å². The highest BCUT2D eigenvalue weighted by Gasteiger charge is 2.41. The van der Waals surface area contributed by atoms with Gasteiger partial charge in [-0.3, -0.25) is 9.69 Å². The molecule has 5 nitrogen and oxygen atoms in total. The summed E-state index contributed by atoms with van der Waals surface area (Å²) in [4.78, 5) is 15.3. The van der Waals surface area contributed by atoms with E-state index in [1.54, 1.807) is 35.2 Å². The zero-order valence-electron chi connectivity index (χ0n) is 21.5. The topological polar surface area (TPSA) is 79.3 Å². The van der Waals surface area contributed by atoms with E-state index in [0.29, 0.717) is 46.3 Å². The van der Waals surface area contributed by atoms with E-state index in [0.717, 1.165) is 28.0 Å². The number of aryl methyl sites for hydroxylation is 1. The number of anilines is 1. The van der Waals surface area contributed by atoms with Crippen molar-refractivity contribution < 1.29 is 13.9 Å². The van der Waals surface area contributed by atoms with E-state index in [1.807, 2.05) is 26.0 Å². The zero-order chi connectivity index (χ0) is 27.8. The quantitative estimate of drug-likeness (QED) is 0.346. The predicted molar refractivity (Wildman–Crippen MR) is 151 cm³/mol. The second kappa shape index (κ2) is 10.8. The van der Waals surface area contributed by atoms with Crippen LogP contribution in [-0.4, -0.2) is 5.78 Å². The molecule has 3 aromatic rings. The fraction of sp³-hybridized carbons (Fsp3) is 0.226. The molecule has 1 unspecified atom stereocenters. The van der Waals surface area contributed by atoms with Gasteiger partial charge in [0.15, 0.2) is 5.78 Å². The molecule has 8 heteroatoms. The van der Waals surface area contributed by atoms with E-state index in [-0.39, 0.29) is 29.6 Å². The van der Waals surface area contributed by atoms with Gasteiger partial charge in [-0.05, 0) is 85.8 Å². The number of nitrogens with zero attached hydrogens (tertiary/aromatic N) is 2. The van der Waals surface area contributed by atoms with Gasteiger partial charge in [0.2, 0.25) is 0 Å². The van der Waals surface area contributed by atoms with Gasteiger partial charge in [0.05, 0.1) is 28.3 Å². The molecular formula is C31H26Cl2FN3O2. The summed E-state index contributed by atoms with van der Waals surface area (Å²) in [6, 6.07) is 17.2. The minimum Gasteiger partial charge on any atom is -0.489 e. The molecule has 0 aromatic heterocycles. The molecule has 1 aliphatic heterocycles. The fourth-order valence-electron chi connectivity index (χ4n) is 5.44. The van der Waals surface area contributed by atoms with E-state index in [9.17, 15) is 14.4 Å². The summed E-state index contributed by atoms with van der Waals surface area (Å²) in [5, 5.41) is 11.2. The molecule has 0 saturated carbocycles.